The lowest BCUT2D eigenvalue weighted by molar-refractivity contribution is 0.0977. The molecule has 2 N–H and O–H groups in total. The highest BCUT2D eigenvalue weighted by Gasteiger charge is 2.18. The molecule has 0 radical (unpaired) electrons. The van der Waals surface area contributed by atoms with Crippen LogP contribution in [0.4, 0.5) is 5.69 Å². The molecule has 0 saturated heterocycles. The molecule has 0 aliphatic rings. The zero-order valence-electron chi connectivity index (χ0n) is 20.8. The lowest BCUT2D eigenvalue weighted by Gasteiger charge is -2.14. The van der Waals surface area contributed by atoms with Crippen LogP contribution in [0.15, 0.2) is 52.9 Å². The molecule has 0 spiro atoms. The maximum atomic E-state index is 12.8. The molecule has 0 atom stereocenters. The normalized spacial score (nSPS) is 10.5. The summed E-state index contributed by atoms with van der Waals surface area (Å²) in [6.07, 6.45) is 0. The maximum Gasteiger partial charge on any atom is 0.257 e. The van der Waals surface area contributed by atoms with Crippen LogP contribution in [0.3, 0.4) is 0 Å². The van der Waals surface area contributed by atoms with Crippen molar-refractivity contribution in [3.63, 3.8) is 0 Å². The highest BCUT2D eigenvalue weighted by Crippen LogP contribution is 2.38. The van der Waals surface area contributed by atoms with Crippen molar-refractivity contribution in [2.75, 3.05) is 40.9 Å². The maximum absolute atomic E-state index is 12.8. The molecule has 1 aromatic heterocycles. The molecule has 10 nitrogen and oxygen atoms in total. The van der Waals surface area contributed by atoms with E-state index in [1.807, 2.05) is 6.07 Å². The first-order chi connectivity index (χ1) is 17.9. The Hall–Kier alpha value is -4.51. The molecule has 0 saturated carbocycles. The second-order valence-electron chi connectivity index (χ2n) is 7.59. The summed E-state index contributed by atoms with van der Waals surface area (Å²) >= 11 is 5.34. The van der Waals surface area contributed by atoms with Crippen LogP contribution >= 0.6 is 12.2 Å². The van der Waals surface area contributed by atoms with Crippen LogP contribution in [-0.4, -0.2) is 51.6 Å². The van der Waals surface area contributed by atoms with Gasteiger partial charge < -0.3 is 33.4 Å². The van der Waals surface area contributed by atoms with E-state index in [2.05, 4.69) is 15.6 Å². The van der Waals surface area contributed by atoms with E-state index in [0.29, 0.717) is 51.4 Å². The number of anilines is 1. The fourth-order valence-corrected chi connectivity index (χ4v) is 3.86. The van der Waals surface area contributed by atoms with E-state index in [4.69, 9.17) is 40.3 Å². The van der Waals surface area contributed by atoms with Crippen molar-refractivity contribution in [1.82, 2.24) is 10.3 Å². The topological polar surface area (TPSA) is 113 Å². The number of methoxy groups -OCH3 is 5. The molecule has 0 aliphatic heterocycles. The van der Waals surface area contributed by atoms with Crippen LogP contribution in [0.25, 0.3) is 22.6 Å². The molecular formula is C26H25N3O7S. The third-order valence-corrected chi connectivity index (χ3v) is 5.63. The van der Waals surface area contributed by atoms with Gasteiger partial charge in [0.2, 0.25) is 11.6 Å². The Morgan fingerprint density at radius 3 is 2.11 bits per heavy atom. The van der Waals surface area contributed by atoms with Gasteiger partial charge in [0.25, 0.3) is 5.91 Å². The zero-order valence-corrected chi connectivity index (χ0v) is 21.6. The van der Waals surface area contributed by atoms with E-state index in [1.165, 1.54) is 33.5 Å². The summed E-state index contributed by atoms with van der Waals surface area (Å²) < 4.78 is 32.5. The molecule has 11 heteroatoms. The van der Waals surface area contributed by atoms with Crippen LogP contribution in [-0.2, 0) is 0 Å². The smallest absolute Gasteiger partial charge is 0.257 e. The van der Waals surface area contributed by atoms with Crippen molar-refractivity contribution in [2.24, 2.45) is 0 Å². The summed E-state index contributed by atoms with van der Waals surface area (Å²) in [5.41, 5.74) is 2.83. The van der Waals surface area contributed by atoms with Crippen molar-refractivity contribution < 1.29 is 32.9 Å². The minimum atomic E-state index is -0.449. The molecule has 192 valence electrons. The number of amides is 1. The van der Waals surface area contributed by atoms with Crippen molar-refractivity contribution in [1.29, 1.82) is 0 Å². The van der Waals surface area contributed by atoms with E-state index in [0.717, 1.165) is 5.56 Å². The Kier molecular flexibility index (Phi) is 7.63. The third-order valence-electron chi connectivity index (χ3n) is 5.43. The second-order valence-corrected chi connectivity index (χ2v) is 8.00. The SMILES string of the molecule is COc1ccc(-c2nc3cc(NC(=S)NC(=O)c4cc(OC)c(OC)c(OC)c4)ccc3o2)cc1OC. The van der Waals surface area contributed by atoms with Gasteiger partial charge in [0, 0.05) is 16.8 Å². The number of oxazole rings is 1. The number of benzene rings is 3. The van der Waals surface area contributed by atoms with Gasteiger partial charge in [-0.15, -0.1) is 0 Å². The summed E-state index contributed by atoms with van der Waals surface area (Å²) in [6.45, 7) is 0. The lowest BCUT2D eigenvalue weighted by Crippen LogP contribution is -2.34. The van der Waals surface area contributed by atoms with Gasteiger partial charge in [-0.05, 0) is 60.7 Å². The molecule has 0 bridgehead atoms. The summed E-state index contributed by atoms with van der Waals surface area (Å²) in [6, 6.07) is 13.8. The number of aromatic nitrogens is 1. The number of fused-ring (bicyclic) bond motifs is 1. The minimum Gasteiger partial charge on any atom is -0.493 e. The van der Waals surface area contributed by atoms with Gasteiger partial charge in [0.1, 0.15) is 5.52 Å². The van der Waals surface area contributed by atoms with Crippen LogP contribution in [0.2, 0.25) is 0 Å². The number of ether oxygens (including phenoxy) is 5. The average molecular weight is 524 g/mol. The van der Waals surface area contributed by atoms with Gasteiger partial charge >= 0.3 is 0 Å². The number of nitrogens with one attached hydrogen (secondary N) is 2. The lowest BCUT2D eigenvalue weighted by atomic mass is 10.1. The first-order valence-electron chi connectivity index (χ1n) is 11.0. The Morgan fingerprint density at radius 1 is 0.811 bits per heavy atom. The minimum absolute atomic E-state index is 0.0988. The first-order valence-corrected chi connectivity index (χ1v) is 11.4. The molecule has 0 fully saturated rings. The fourth-order valence-electron chi connectivity index (χ4n) is 3.65. The van der Waals surface area contributed by atoms with E-state index >= 15 is 0 Å². The fraction of sp³-hybridized carbons (Fsp3) is 0.192. The Balaban J connectivity index is 1.50. The molecule has 4 aromatic rings. The molecule has 4 rings (SSSR count). The van der Waals surface area contributed by atoms with Crippen molar-refractivity contribution >= 4 is 40.0 Å². The number of hydrogen-bond acceptors (Lipinski definition) is 9. The van der Waals surface area contributed by atoms with Crippen LogP contribution < -0.4 is 34.3 Å². The number of carbonyl (C=O) groups excluding carboxylic acids is 1. The van der Waals surface area contributed by atoms with Gasteiger partial charge in [-0.25, -0.2) is 4.98 Å². The van der Waals surface area contributed by atoms with Crippen molar-refractivity contribution in [2.45, 2.75) is 0 Å². The molecule has 37 heavy (non-hydrogen) atoms. The summed E-state index contributed by atoms with van der Waals surface area (Å²) in [4.78, 5) is 17.4. The Morgan fingerprint density at radius 2 is 1.49 bits per heavy atom. The molecule has 3 aromatic carbocycles. The van der Waals surface area contributed by atoms with Crippen LogP contribution in [0.5, 0.6) is 28.7 Å². The Labute approximate surface area is 218 Å². The largest absolute Gasteiger partial charge is 0.493 e. The van der Waals surface area contributed by atoms with E-state index < -0.39 is 5.91 Å². The first kappa shape index (κ1) is 25.6. The van der Waals surface area contributed by atoms with Crippen molar-refractivity contribution in [3.05, 3.63) is 54.1 Å². The number of carbonyl (C=O) groups is 1. The molecule has 1 amide bonds. The third kappa shape index (κ3) is 5.36. The summed E-state index contributed by atoms with van der Waals surface area (Å²) in [5, 5.41) is 5.74. The van der Waals surface area contributed by atoms with Crippen LogP contribution in [0.1, 0.15) is 10.4 Å². The quantitative estimate of drug-likeness (QED) is 0.316. The predicted octanol–water partition coefficient (Wildman–Crippen LogP) is 4.66. The van der Waals surface area contributed by atoms with Crippen LogP contribution in [0, 0.1) is 0 Å². The average Bonchev–Trinajstić information content (AvgIpc) is 3.35. The van der Waals surface area contributed by atoms with Gasteiger partial charge in [-0.2, -0.15) is 0 Å². The van der Waals surface area contributed by atoms with E-state index in [1.54, 1.807) is 44.6 Å². The molecule has 1 heterocycles. The van der Waals surface area contributed by atoms with Crippen molar-refractivity contribution in [3.8, 4) is 40.2 Å². The van der Waals surface area contributed by atoms with E-state index in [-0.39, 0.29) is 10.7 Å². The second kappa shape index (κ2) is 11.0. The summed E-state index contributed by atoms with van der Waals surface area (Å²) in [5.74, 6) is 2.24. The zero-order chi connectivity index (χ0) is 26.5. The summed E-state index contributed by atoms with van der Waals surface area (Å²) in [7, 11) is 7.57. The number of rotatable bonds is 8. The van der Waals surface area contributed by atoms with Gasteiger partial charge in [-0.3, -0.25) is 10.1 Å². The number of thiocarbonyl (C=S) groups is 1. The predicted molar refractivity (Wildman–Crippen MR) is 142 cm³/mol. The van der Waals surface area contributed by atoms with Gasteiger partial charge in [0.05, 0.1) is 35.5 Å². The highest BCUT2D eigenvalue weighted by molar-refractivity contribution is 7.80. The monoisotopic (exact) mass is 523 g/mol. The molecule has 0 unspecified atom stereocenters. The van der Waals surface area contributed by atoms with E-state index in [9.17, 15) is 4.79 Å². The van der Waals surface area contributed by atoms with Gasteiger partial charge in [0.15, 0.2) is 33.7 Å². The number of nitrogens with zero attached hydrogens (tertiary/aromatic N) is 1. The highest BCUT2D eigenvalue weighted by atomic mass is 32.1. The standard InChI is InChI=1S/C26H25N3O7S/c1-31-19-8-6-14(10-20(19)32-2)25-28-17-13-16(7-9-18(17)36-25)27-26(37)29-24(30)15-11-21(33-3)23(35-5)22(12-15)34-4/h6-13H,1-5H3,(H2,27,29,30,37). The molecular weight excluding hydrogens is 498 g/mol. The molecule has 0 aliphatic carbocycles. The van der Waals surface area contributed by atoms with Gasteiger partial charge in [-0.1, -0.05) is 0 Å². The number of hydrogen-bond donors (Lipinski definition) is 2. The Bertz CT molecular complexity index is 1440.